The van der Waals surface area contributed by atoms with Crippen LogP contribution < -0.4 is 4.74 Å². The Balaban J connectivity index is 1.71. The zero-order valence-electron chi connectivity index (χ0n) is 13.8. The molecule has 2 aromatic rings. The fourth-order valence-electron chi connectivity index (χ4n) is 1.87. The molecular weight excluding hydrogens is 320 g/mol. The molecule has 0 aliphatic carbocycles. The van der Waals surface area contributed by atoms with Crippen molar-refractivity contribution >= 4 is 17.3 Å². The monoisotopic (exact) mass is 340 g/mol. The number of aromatic hydroxyl groups is 1. The van der Waals surface area contributed by atoms with Crippen molar-refractivity contribution in [3.05, 3.63) is 61.2 Å². The lowest BCUT2D eigenvalue weighted by Gasteiger charge is -2.06. The van der Waals surface area contributed by atoms with Crippen LogP contribution in [0, 0.1) is 0 Å². The summed E-state index contributed by atoms with van der Waals surface area (Å²) in [5.41, 5.74) is 1.37. The number of carbonyl (C=O) groups is 1. The van der Waals surface area contributed by atoms with E-state index in [1.54, 1.807) is 24.3 Å². The maximum atomic E-state index is 10.9. The number of unbranched alkanes of at least 4 members (excludes halogenated alkanes) is 1. The fraction of sp³-hybridized carbons (Fsp3) is 0.211. The van der Waals surface area contributed by atoms with Crippen molar-refractivity contribution in [3.63, 3.8) is 0 Å². The molecule has 6 nitrogen and oxygen atoms in total. The zero-order valence-corrected chi connectivity index (χ0v) is 13.8. The molecule has 0 fully saturated rings. The third-order valence-corrected chi connectivity index (χ3v) is 3.19. The topological polar surface area (TPSA) is 80.5 Å². The molecule has 0 saturated heterocycles. The molecule has 6 heteroatoms. The van der Waals surface area contributed by atoms with Gasteiger partial charge in [-0.25, -0.2) is 4.79 Å². The SMILES string of the molecule is C=CC(=O)OCCCCOc1ccc(N=Nc2ccc(O)cc2)cc1. The first-order valence-electron chi connectivity index (χ1n) is 7.90. The highest BCUT2D eigenvalue weighted by molar-refractivity contribution is 5.81. The second kappa shape index (κ2) is 9.87. The fourth-order valence-corrected chi connectivity index (χ4v) is 1.87. The first-order chi connectivity index (χ1) is 12.2. The molecule has 2 rings (SSSR count). The lowest BCUT2D eigenvalue weighted by molar-refractivity contribution is -0.137. The molecule has 0 heterocycles. The van der Waals surface area contributed by atoms with Gasteiger partial charge < -0.3 is 14.6 Å². The van der Waals surface area contributed by atoms with E-state index in [4.69, 9.17) is 9.47 Å². The molecular formula is C19H20N2O4. The minimum absolute atomic E-state index is 0.194. The number of rotatable bonds is 9. The Morgan fingerprint density at radius 2 is 1.52 bits per heavy atom. The van der Waals surface area contributed by atoms with Gasteiger partial charge >= 0.3 is 5.97 Å². The summed E-state index contributed by atoms with van der Waals surface area (Å²) in [6.07, 6.45) is 2.67. The van der Waals surface area contributed by atoms with Crippen molar-refractivity contribution in [1.82, 2.24) is 0 Å². The highest BCUT2D eigenvalue weighted by atomic mass is 16.5. The lowest BCUT2D eigenvalue weighted by atomic mass is 10.3. The second-order valence-corrected chi connectivity index (χ2v) is 5.14. The Hall–Kier alpha value is -3.15. The van der Waals surface area contributed by atoms with Gasteiger partial charge in [0, 0.05) is 6.08 Å². The molecule has 0 aliphatic heterocycles. The Morgan fingerprint density at radius 3 is 2.12 bits per heavy atom. The number of hydrogen-bond donors (Lipinski definition) is 1. The van der Waals surface area contributed by atoms with E-state index < -0.39 is 5.97 Å². The number of phenols is 1. The highest BCUT2D eigenvalue weighted by Gasteiger charge is 1.98. The number of carbonyl (C=O) groups excluding carboxylic acids is 1. The number of hydrogen-bond acceptors (Lipinski definition) is 6. The van der Waals surface area contributed by atoms with Crippen LogP contribution in [0.5, 0.6) is 11.5 Å². The molecule has 0 aromatic heterocycles. The standard InChI is InChI=1S/C19H20N2O4/c1-2-19(23)25-14-4-3-13-24-18-11-7-16(8-12-18)21-20-15-5-9-17(22)10-6-15/h2,5-12,22H,1,3-4,13-14H2. The van der Waals surface area contributed by atoms with Gasteiger partial charge in [-0.2, -0.15) is 10.2 Å². The smallest absolute Gasteiger partial charge is 0.330 e. The summed E-state index contributed by atoms with van der Waals surface area (Å²) in [7, 11) is 0. The number of ether oxygens (including phenoxy) is 2. The number of esters is 1. The Labute approximate surface area is 146 Å². The van der Waals surface area contributed by atoms with Crippen LogP contribution in [0.1, 0.15) is 12.8 Å². The van der Waals surface area contributed by atoms with Crippen LogP contribution in [0.3, 0.4) is 0 Å². The van der Waals surface area contributed by atoms with Gasteiger partial charge in [0.1, 0.15) is 11.5 Å². The minimum Gasteiger partial charge on any atom is -0.508 e. The maximum Gasteiger partial charge on any atom is 0.330 e. The molecule has 0 saturated carbocycles. The normalized spacial score (nSPS) is 10.6. The molecule has 2 aromatic carbocycles. The summed E-state index contributed by atoms with van der Waals surface area (Å²) in [6.45, 7) is 4.24. The van der Waals surface area contributed by atoms with Gasteiger partial charge in [0.2, 0.25) is 0 Å². The summed E-state index contributed by atoms with van der Waals surface area (Å²) in [4.78, 5) is 10.9. The van der Waals surface area contributed by atoms with E-state index >= 15 is 0 Å². The molecule has 1 N–H and O–H groups in total. The molecule has 0 radical (unpaired) electrons. The van der Waals surface area contributed by atoms with Crippen LogP contribution in [0.25, 0.3) is 0 Å². The molecule has 130 valence electrons. The van der Waals surface area contributed by atoms with Gasteiger partial charge in [-0.1, -0.05) is 6.58 Å². The summed E-state index contributed by atoms with van der Waals surface area (Å²) in [5, 5.41) is 17.4. The molecule has 0 aliphatic rings. The van der Waals surface area contributed by atoms with Crippen molar-refractivity contribution in [1.29, 1.82) is 0 Å². The van der Waals surface area contributed by atoms with Crippen LogP contribution in [-0.2, 0) is 9.53 Å². The summed E-state index contributed by atoms with van der Waals surface area (Å²) in [6, 6.07) is 13.8. The van der Waals surface area contributed by atoms with Gasteiger partial charge in [-0.15, -0.1) is 0 Å². The van der Waals surface area contributed by atoms with Crippen molar-refractivity contribution in [2.45, 2.75) is 12.8 Å². The predicted octanol–water partition coefficient (Wildman–Crippen LogP) is 4.70. The van der Waals surface area contributed by atoms with Crippen LogP contribution in [-0.4, -0.2) is 24.3 Å². The Morgan fingerprint density at radius 1 is 0.960 bits per heavy atom. The van der Waals surface area contributed by atoms with Crippen molar-refractivity contribution in [3.8, 4) is 11.5 Å². The van der Waals surface area contributed by atoms with Crippen LogP contribution in [0.4, 0.5) is 11.4 Å². The molecule has 0 unspecified atom stereocenters. The largest absolute Gasteiger partial charge is 0.508 e. The lowest BCUT2D eigenvalue weighted by Crippen LogP contribution is -2.04. The molecule has 0 amide bonds. The van der Waals surface area contributed by atoms with E-state index in [9.17, 15) is 9.90 Å². The highest BCUT2D eigenvalue weighted by Crippen LogP contribution is 2.22. The van der Waals surface area contributed by atoms with Gasteiger partial charge in [-0.3, -0.25) is 0 Å². The van der Waals surface area contributed by atoms with E-state index in [0.717, 1.165) is 24.7 Å². The summed E-state index contributed by atoms with van der Waals surface area (Å²) >= 11 is 0. The number of phenolic OH excluding ortho intramolecular Hbond substituents is 1. The first kappa shape index (κ1) is 18.2. The van der Waals surface area contributed by atoms with Crippen molar-refractivity contribution in [2.24, 2.45) is 10.2 Å². The molecule has 25 heavy (non-hydrogen) atoms. The number of azo groups is 1. The molecule has 0 spiro atoms. The van der Waals surface area contributed by atoms with Crippen LogP contribution in [0.2, 0.25) is 0 Å². The van der Waals surface area contributed by atoms with Crippen LogP contribution in [0.15, 0.2) is 71.4 Å². The van der Waals surface area contributed by atoms with E-state index in [-0.39, 0.29) is 5.75 Å². The maximum absolute atomic E-state index is 10.9. The Bertz CT molecular complexity index is 709. The quantitative estimate of drug-likeness (QED) is 0.311. The minimum atomic E-state index is -0.405. The van der Waals surface area contributed by atoms with Crippen molar-refractivity contribution < 1.29 is 19.4 Å². The van der Waals surface area contributed by atoms with E-state index in [0.29, 0.717) is 24.6 Å². The van der Waals surface area contributed by atoms with Gasteiger partial charge in [0.15, 0.2) is 0 Å². The summed E-state index contributed by atoms with van der Waals surface area (Å²) < 4.78 is 10.5. The summed E-state index contributed by atoms with van der Waals surface area (Å²) in [5.74, 6) is 0.531. The average Bonchev–Trinajstić information content (AvgIpc) is 2.64. The van der Waals surface area contributed by atoms with E-state index in [1.807, 2.05) is 24.3 Å². The van der Waals surface area contributed by atoms with Crippen molar-refractivity contribution in [2.75, 3.05) is 13.2 Å². The number of nitrogens with zero attached hydrogens (tertiary/aromatic N) is 2. The van der Waals surface area contributed by atoms with E-state index in [1.165, 1.54) is 0 Å². The van der Waals surface area contributed by atoms with Gasteiger partial charge in [0.25, 0.3) is 0 Å². The van der Waals surface area contributed by atoms with Crippen LogP contribution >= 0.6 is 0 Å². The average molecular weight is 340 g/mol. The van der Waals surface area contributed by atoms with Gasteiger partial charge in [0.05, 0.1) is 24.6 Å². The molecule has 0 bridgehead atoms. The second-order valence-electron chi connectivity index (χ2n) is 5.14. The Kier molecular flexibility index (Phi) is 7.18. The zero-order chi connectivity index (χ0) is 17.9. The predicted molar refractivity (Wildman–Crippen MR) is 94.6 cm³/mol. The third-order valence-electron chi connectivity index (χ3n) is 3.19. The first-order valence-corrected chi connectivity index (χ1v) is 7.90. The third kappa shape index (κ3) is 6.87. The van der Waals surface area contributed by atoms with E-state index in [2.05, 4.69) is 16.8 Å². The van der Waals surface area contributed by atoms with Gasteiger partial charge in [-0.05, 0) is 61.4 Å². The number of benzene rings is 2. The molecule has 0 atom stereocenters.